The van der Waals surface area contributed by atoms with Crippen molar-refractivity contribution in [3.63, 3.8) is 0 Å². The molecule has 3 aromatic rings. The van der Waals surface area contributed by atoms with Crippen LogP contribution >= 0.6 is 11.6 Å². The zero-order chi connectivity index (χ0) is 31.5. The molecule has 4 rings (SSSR count). The molecule has 14 nitrogen and oxygen atoms in total. The van der Waals surface area contributed by atoms with Gasteiger partial charge in [0.05, 0.1) is 38.1 Å². The van der Waals surface area contributed by atoms with Crippen LogP contribution in [0.2, 0.25) is 5.02 Å². The molecule has 1 aliphatic heterocycles. The number of hydrogen-bond donors (Lipinski definition) is 4. The number of piperidine rings is 1. The number of nitrogens with one attached hydrogen (secondary N) is 3. The van der Waals surface area contributed by atoms with Gasteiger partial charge >= 0.3 is 0 Å². The number of nitrogens with two attached hydrogens (primary N) is 1. The van der Waals surface area contributed by atoms with E-state index in [9.17, 15) is 14.4 Å². The lowest BCUT2D eigenvalue weighted by Crippen LogP contribution is -2.42. The van der Waals surface area contributed by atoms with Crippen molar-refractivity contribution in [2.24, 2.45) is 18.7 Å². The molecule has 0 unspecified atom stereocenters. The van der Waals surface area contributed by atoms with Crippen LogP contribution in [-0.4, -0.2) is 92.6 Å². The Hall–Kier alpha value is -3.98. The van der Waals surface area contributed by atoms with Gasteiger partial charge in [-0.25, -0.2) is 4.98 Å². The first-order valence-corrected chi connectivity index (χ1v) is 14.8. The molecule has 238 valence electrons. The van der Waals surface area contributed by atoms with Gasteiger partial charge in [0, 0.05) is 57.3 Å². The molecule has 1 saturated heterocycles. The largest absolute Gasteiger partial charge is 0.478 e. The number of ether oxygens (including phenoxy) is 3. The smallest absolute Gasteiger partial charge is 0.293 e. The summed E-state index contributed by atoms with van der Waals surface area (Å²) in [5, 5.41) is 9.70. The lowest BCUT2D eigenvalue weighted by Gasteiger charge is -2.31. The zero-order valence-electron chi connectivity index (χ0n) is 24.9. The van der Waals surface area contributed by atoms with Crippen LogP contribution in [0.4, 0.5) is 17.5 Å². The van der Waals surface area contributed by atoms with Gasteiger partial charge in [0.1, 0.15) is 5.02 Å². The van der Waals surface area contributed by atoms with Gasteiger partial charge in [0.25, 0.3) is 11.5 Å². The van der Waals surface area contributed by atoms with E-state index in [1.165, 1.54) is 11.6 Å². The molecule has 5 N–H and O–H groups in total. The normalized spacial score (nSPS) is 13.6. The van der Waals surface area contributed by atoms with E-state index in [4.69, 9.17) is 31.5 Å². The van der Waals surface area contributed by atoms with Crippen molar-refractivity contribution in [2.75, 3.05) is 76.5 Å². The average Bonchev–Trinajstić information content (AvgIpc) is 3.04. The second-order valence-corrected chi connectivity index (χ2v) is 10.6. The average molecular weight is 631 g/mol. The minimum Gasteiger partial charge on any atom is -0.478 e. The van der Waals surface area contributed by atoms with Crippen molar-refractivity contribution < 1.29 is 23.8 Å². The molecule has 1 aliphatic rings. The summed E-state index contributed by atoms with van der Waals surface area (Å²) in [5.74, 6) is 0.578. The number of benzene rings is 1. The van der Waals surface area contributed by atoms with E-state index in [2.05, 4.69) is 25.9 Å². The number of pyridine rings is 1. The van der Waals surface area contributed by atoms with Crippen LogP contribution in [0.25, 0.3) is 10.9 Å². The van der Waals surface area contributed by atoms with Gasteiger partial charge in [-0.3, -0.25) is 14.4 Å². The summed E-state index contributed by atoms with van der Waals surface area (Å²) in [6.45, 7) is 3.78. The van der Waals surface area contributed by atoms with E-state index in [0.29, 0.717) is 93.4 Å². The maximum absolute atomic E-state index is 12.7. The third-order valence-corrected chi connectivity index (χ3v) is 7.43. The van der Waals surface area contributed by atoms with Crippen molar-refractivity contribution in [1.82, 2.24) is 25.2 Å². The SMILES string of the molecule is CNC(=O)COc1cc2cc(Nc3nc(N4CCC(C(=O)NCCOCCOCCN)CC4)ncc3Cl)ccc2n(C)c1=O. The minimum atomic E-state index is -0.346. The highest BCUT2D eigenvalue weighted by molar-refractivity contribution is 6.32. The van der Waals surface area contributed by atoms with Crippen molar-refractivity contribution >= 4 is 51.8 Å². The van der Waals surface area contributed by atoms with Crippen LogP contribution in [0.1, 0.15) is 12.8 Å². The molecule has 0 spiro atoms. The number of aryl methyl sites for hydroxylation is 1. The van der Waals surface area contributed by atoms with Gasteiger partial charge in [-0.1, -0.05) is 11.6 Å². The number of fused-ring (bicyclic) bond motifs is 1. The molecule has 0 aliphatic carbocycles. The lowest BCUT2D eigenvalue weighted by atomic mass is 9.96. The van der Waals surface area contributed by atoms with E-state index in [1.54, 1.807) is 25.4 Å². The lowest BCUT2D eigenvalue weighted by molar-refractivity contribution is -0.126. The molecular weight excluding hydrogens is 592 g/mol. The number of hydrogen-bond acceptors (Lipinski definition) is 11. The molecule has 0 atom stereocenters. The molecule has 1 aromatic carbocycles. The molecular formula is C29H39ClN8O6. The van der Waals surface area contributed by atoms with Crippen LogP contribution in [0.5, 0.6) is 5.75 Å². The number of anilines is 3. The van der Waals surface area contributed by atoms with Crippen molar-refractivity contribution in [2.45, 2.75) is 12.8 Å². The van der Waals surface area contributed by atoms with E-state index < -0.39 is 0 Å². The predicted molar refractivity (Wildman–Crippen MR) is 168 cm³/mol. The predicted octanol–water partition coefficient (Wildman–Crippen LogP) is 1.17. The fourth-order valence-electron chi connectivity index (χ4n) is 4.72. The quantitative estimate of drug-likeness (QED) is 0.177. The third-order valence-electron chi connectivity index (χ3n) is 7.15. The van der Waals surface area contributed by atoms with Crippen molar-refractivity contribution in [1.29, 1.82) is 0 Å². The van der Waals surface area contributed by atoms with E-state index in [1.807, 2.05) is 17.0 Å². The van der Waals surface area contributed by atoms with Crippen LogP contribution in [0.3, 0.4) is 0 Å². The Morgan fingerprint density at radius 2 is 1.86 bits per heavy atom. The number of aromatic nitrogens is 3. The summed E-state index contributed by atoms with van der Waals surface area (Å²) in [7, 11) is 3.14. The van der Waals surface area contributed by atoms with Gasteiger partial charge < -0.3 is 45.4 Å². The first kappa shape index (κ1) is 32.9. The molecule has 0 bridgehead atoms. The van der Waals surface area contributed by atoms with E-state index in [0.717, 1.165) is 5.39 Å². The number of carbonyl (C=O) groups excluding carboxylic acids is 2. The third kappa shape index (κ3) is 8.78. The van der Waals surface area contributed by atoms with Crippen LogP contribution in [0, 0.1) is 5.92 Å². The fraction of sp³-hybridized carbons (Fsp3) is 0.483. The highest BCUT2D eigenvalue weighted by Crippen LogP contribution is 2.29. The van der Waals surface area contributed by atoms with Crippen molar-refractivity contribution in [3.8, 4) is 5.75 Å². The van der Waals surface area contributed by atoms with Gasteiger partial charge in [-0.2, -0.15) is 4.98 Å². The number of carbonyl (C=O) groups is 2. The summed E-state index contributed by atoms with van der Waals surface area (Å²) in [5.41, 5.74) is 6.40. The van der Waals surface area contributed by atoms with Gasteiger partial charge in [0.2, 0.25) is 11.9 Å². The van der Waals surface area contributed by atoms with Crippen molar-refractivity contribution in [3.05, 3.63) is 45.8 Å². The molecule has 2 aromatic heterocycles. The number of amides is 2. The molecule has 1 fully saturated rings. The monoisotopic (exact) mass is 630 g/mol. The Kier molecular flexibility index (Phi) is 12.1. The fourth-order valence-corrected chi connectivity index (χ4v) is 4.86. The summed E-state index contributed by atoms with van der Waals surface area (Å²) >= 11 is 6.44. The topological polar surface area (TPSA) is 175 Å². The molecule has 3 heterocycles. The van der Waals surface area contributed by atoms with Crippen LogP contribution in [-0.2, 0) is 26.1 Å². The van der Waals surface area contributed by atoms with Crippen LogP contribution < -0.4 is 36.9 Å². The van der Waals surface area contributed by atoms with Gasteiger partial charge in [-0.05, 0) is 37.1 Å². The summed E-state index contributed by atoms with van der Waals surface area (Å²) in [6, 6.07) is 7.06. The Morgan fingerprint density at radius 1 is 1.11 bits per heavy atom. The Bertz CT molecular complexity index is 1490. The van der Waals surface area contributed by atoms with E-state index in [-0.39, 0.29) is 35.6 Å². The summed E-state index contributed by atoms with van der Waals surface area (Å²) in [4.78, 5) is 48.0. The molecule has 0 saturated carbocycles. The zero-order valence-corrected chi connectivity index (χ0v) is 25.7. The second-order valence-electron chi connectivity index (χ2n) is 10.2. The number of likely N-dealkylation sites (N-methyl/N-ethyl adjacent to an activating group) is 1. The first-order chi connectivity index (χ1) is 21.3. The van der Waals surface area contributed by atoms with Gasteiger partial charge in [0.15, 0.2) is 18.2 Å². The Labute approximate surface area is 260 Å². The molecule has 0 radical (unpaired) electrons. The number of rotatable bonds is 15. The molecule has 15 heteroatoms. The molecule has 44 heavy (non-hydrogen) atoms. The highest BCUT2D eigenvalue weighted by Gasteiger charge is 2.26. The number of halogens is 1. The maximum Gasteiger partial charge on any atom is 0.293 e. The second kappa shape index (κ2) is 16.2. The maximum atomic E-state index is 12.7. The molecule has 2 amide bonds. The Balaban J connectivity index is 1.34. The summed E-state index contributed by atoms with van der Waals surface area (Å²) in [6.07, 6.45) is 2.88. The minimum absolute atomic E-state index is 0.0167. The number of nitrogens with zero attached hydrogens (tertiary/aromatic N) is 4. The standard InChI is InChI=1S/C29H39ClN8O6/c1-32-25(39)18-44-24-16-20-15-21(3-4-23(20)37(2)28(24)41)35-26-22(30)17-34-29(36-26)38-9-5-19(6-10-38)27(40)33-8-12-43-14-13-42-11-7-31/h3-4,15-17,19H,5-14,18,31H2,1-2H3,(H,32,39)(H,33,40)(H,34,35,36). The van der Waals surface area contributed by atoms with Crippen LogP contribution in [0.15, 0.2) is 35.3 Å². The van der Waals surface area contributed by atoms with Gasteiger partial charge in [-0.15, -0.1) is 0 Å². The van der Waals surface area contributed by atoms with E-state index >= 15 is 0 Å². The summed E-state index contributed by atoms with van der Waals surface area (Å²) < 4.78 is 17.6. The highest BCUT2D eigenvalue weighted by atomic mass is 35.5. The Morgan fingerprint density at radius 3 is 2.59 bits per heavy atom. The first-order valence-electron chi connectivity index (χ1n) is 14.5.